The first-order valence-corrected chi connectivity index (χ1v) is 9.14. The molecule has 0 radical (unpaired) electrons. The standard InChI is InChI=1S/C20H28O5/c1-11(10-21)16-12(22)9-14-18(2)8-6-15(23)20(4,17(24)25)13(18)5-7-19(14,16)3/h10,13-15,23H,5-9H2,1-4H3,(H,24,25)/b16-11-/t13-,14+,15-,18+,19+,20-/m1/s1. The zero-order valence-electron chi connectivity index (χ0n) is 15.5. The Morgan fingerprint density at radius 1 is 1.16 bits per heavy atom. The molecule has 2 N–H and O–H groups in total. The van der Waals surface area contributed by atoms with E-state index in [0.717, 1.165) is 6.29 Å². The minimum Gasteiger partial charge on any atom is -0.481 e. The Hall–Kier alpha value is -1.49. The molecule has 0 bridgehead atoms. The molecule has 3 saturated carbocycles. The van der Waals surface area contributed by atoms with Gasteiger partial charge in [-0.2, -0.15) is 0 Å². The molecule has 138 valence electrons. The van der Waals surface area contributed by atoms with Gasteiger partial charge in [0.15, 0.2) is 5.78 Å². The lowest BCUT2D eigenvalue weighted by atomic mass is 9.43. The maximum Gasteiger partial charge on any atom is 0.312 e. The van der Waals surface area contributed by atoms with Crippen LogP contribution in [0.1, 0.15) is 59.8 Å². The average Bonchev–Trinajstić information content (AvgIpc) is 2.82. The average molecular weight is 348 g/mol. The van der Waals surface area contributed by atoms with Crippen LogP contribution in [0.15, 0.2) is 11.1 Å². The van der Waals surface area contributed by atoms with Crippen molar-refractivity contribution in [3.05, 3.63) is 11.1 Å². The third-order valence-corrected chi connectivity index (χ3v) is 7.96. The summed E-state index contributed by atoms with van der Waals surface area (Å²) in [6.07, 6.45) is 2.74. The summed E-state index contributed by atoms with van der Waals surface area (Å²) in [6, 6.07) is 0. The fraction of sp³-hybridized carbons (Fsp3) is 0.750. The molecule has 3 fully saturated rings. The molecule has 0 aliphatic heterocycles. The van der Waals surface area contributed by atoms with E-state index in [1.807, 2.05) is 0 Å². The van der Waals surface area contributed by atoms with Crippen molar-refractivity contribution in [1.82, 2.24) is 0 Å². The Balaban J connectivity index is 2.12. The van der Waals surface area contributed by atoms with Crippen LogP contribution < -0.4 is 0 Å². The quantitative estimate of drug-likeness (QED) is 0.591. The molecule has 0 aromatic heterocycles. The number of ketones is 1. The van der Waals surface area contributed by atoms with E-state index in [1.165, 1.54) is 0 Å². The second-order valence-electron chi connectivity index (χ2n) is 9.01. The van der Waals surface area contributed by atoms with E-state index >= 15 is 0 Å². The number of carbonyl (C=O) groups is 3. The number of aldehydes is 1. The molecular formula is C20H28O5. The van der Waals surface area contributed by atoms with Gasteiger partial charge in [-0.05, 0) is 62.4 Å². The lowest BCUT2D eigenvalue weighted by molar-refractivity contribution is -0.194. The highest BCUT2D eigenvalue weighted by Crippen LogP contribution is 2.69. The van der Waals surface area contributed by atoms with Crippen molar-refractivity contribution in [2.45, 2.75) is 65.9 Å². The Labute approximate surface area is 148 Å². The number of aliphatic hydroxyl groups is 1. The largest absolute Gasteiger partial charge is 0.481 e. The van der Waals surface area contributed by atoms with Crippen molar-refractivity contribution in [1.29, 1.82) is 0 Å². The van der Waals surface area contributed by atoms with Gasteiger partial charge in [0.25, 0.3) is 0 Å². The van der Waals surface area contributed by atoms with Crippen molar-refractivity contribution in [3.8, 4) is 0 Å². The van der Waals surface area contributed by atoms with Gasteiger partial charge in [-0.1, -0.05) is 13.8 Å². The molecule has 25 heavy (non-hydrogen) atoms. The number of hydrogen-bond donors (Lipinski definition) is 2. The molecule has 0 heterocycles. The van der Waals surface area contributed by atoms with Crippen molar-refractivity contribution >= 4 is 18.0 Å². The molecule has 3 rings (SSSR count). The van der Waals surface area contributed by atoms with Crippen LogP contribution >= 0.6 is 0 Å². The van der Waals surface area contributed by atoms with E-state index in [9.17, 15) is 24.6 Å². The van der Waals surface area contributed by atoms with E-state index in [0.29, 0.717) is 43.3 Å². The number of fused-ring (bicyclic) bond motifs is 3. The van der Waals surface area contributed by atoms with E-state index in [1.54, 1.807) is 13.8 Å². The van der Waals surface area contributed by atoms with Crippen molar-refractivity contribution in [2.24, 2.45) is 28.1 Å². The SMILES string of the molecule is C/C(C=O)=C1\C(=O)C[C@H]2[C@@]3(C)CC[C@@H](O)[C@](C)(C(=O)O)[C@@H]3CC[C@]12C. The number of rotatable bonds is 2. The summed E-state index contributed by atoms with van der Waals surface area (Å²) in [6.45, 7) is 7.53. The van der Waals surface area contributed by atoms with Crippen molar-refractivity contribution in [2.75, 3.05) is 0 Å². The maximum absolute atomic E-state index is 12.7. The normalized spacial score (nSPS) is 48.5. The number of hydrogen-bond acceptors (Lipinski definition) is 4. The molecule has 0 spiro atoms. The van der Waals surface area contributed by atoms with Gasteiger partial charge < -0.3 is 10.2 Å². The Morgan fingerprint density at radius 3 is 2.36 bits per heavy atom. The monoisotopic (exact) mass is 348 g/mol. The first-order valence-electron chi connectivity index (χ1n) is 9.14. The summed E-state index contributed by atoms with van der Waals surface area (Å²) in [7, 11) is 0. The van der Waals surface area contributed by atoms with Crippen LogP contribution in [-0.4, -0.2) is 34.4 Å². The van der Waals surface area contributed by atoms with Crippen LogP contribution in [0.25, 0.3) is 0 Å². The Morgan fingerprint density at radius 2 is 1.80 bits per heavy atom. The predicted octanol–water partition coefficient (Wildman–Crippen LogP) is 2.76. The van der Waals surface area contributed by atoms with Gasteiger partial charge in [0, 0.05) is 17.4 Å². The van der Waals surface area contributed by atoms with Crippen LogP contribution in [0.3, 0.4) is 0 Å². The molecule has 0 saturated heterocycles. The summed E-state index contributed by atoms with van der Waals surface area (Å²) in [5, 5.41) is 20.4. The summed E-state index contributed by atoms with van der Waals surface area (Å²) < 4.78 is 0. The fourth-order valence-corrected chi connectivity index (χ4v) is 6.62. The van der Waals surface area contributed by atoms with Crippen molar-refractivity contribution in [3.63, 3.8) is 0 Å². The predicted molar refractivity (Wildman–Crippen MR) is 91.8 cm³/mol. The summed E-state index contributed by atoms with van der Waals surface area (Å²) in [5.41, 5.74) is -0.748. The molecule has 0 unspecified atom stereocenters. The molecular weight excluding hydrogens is 320 g/mol. The van der Waals surface area contributed by atoms with Gasteiger partial charge in [-0.25, -0.2) is 0 Å². The van der Waals surface area contributed by atoms with Gasteiger partial charge in [0.1, 0.15) is 6.29 Å². The first-order chi connectivity index (χ1) is 11.5. The number of aliphatic carboxylic acids is 1. The highest BCUT2D eigenvalue weighted by atomic mass is 16.4. The second-order valence-corrected chi connectivity index (χ2v) is 9.01. The number of carboxylic acids is 1. The Bertz CT molecular complexity index is 680. The van der Waals surface area contributed by atoms with Crippen molar-refractivity contribution < 1.29 is 24.6 Å². The smallest absolute Gasteiger partial charge is 0.312 e. The molecule has 0 aromatic carbocycles. The third-order valence-electron chi connectivity index (χ3n) is 7.96. The van der Waals surface area contributed by atoms with E-state index in [-0.39, 0.29) is 28.4 Å². The first kappa shape index (κ1) is 18.3. The molecule has 5 heteroatoms. The maximum atomic E-state index is 12.7. The van der Waals surface area contributed by atoms with Crippen LogP contribution in [0.2, 0.25) is 0 Å². The van der Waals surface area contributed by atoms with Gasteiger partial charge >= 0.3 is 5.97 Å². The highest BCUT2D eigenvalue weighted by Gasteiger charge is 2.67. The molecule has 3 aliphatic rings. The number of Topliss-reactive ketones (excluding diaryl/α,β-unsaturated/α-hetero) is 1. The van der Waals surface area contributed by atoms with Gasteiger partial charge in [0.05, 0.1) is 11.5 Å². The minimum atomic E-state index is -1.19. The second kappa shape index (κ2) is 5.50. The third kappa shape index (κ3) is 2.14. The lowest BCUT2D eigenvalue weighted by Gasteiger charge is -2.61. The van der Waals surface area contributed by atoms with Gasteiger partial charge in [0.2, 0.25) is 0 Å². The van der Waals surface area contributed by atoms with Crippen LogP contribution in [0.5, 0.6) is 0 Å². The zero-order valence-corrected chi connectivity index (χ0v) is 15.5. The lowest BCUT2D eigenvalue weighted by Crippen LogP contribution is -2.61. The number of carbonyl (C=O) groups excluding carboxylic acids is 2. The molecule has 0 aromatic rings. The number of aliphatic hydroxyl groups excluding tert-OH is 1. The summed E-state index contributed by atoms with van der Waals surface area (Å²) in [5.74, 6) is -1.09. The molecule has 3 aliphatic carbocycles. The summed E-state index contributed by atoms with van der Waals surface area (Å²) in [4.78, 5) is 36.1. The number of carboxylic acid groups (broad SMARTS) is 1. The van der Waals surface area contributed by atoms with E-state index in [2.05, 4.69) is 13.8 Å². The molecule has 0 amide bonds. The van der Waals surface area contributed by atoms with Crippen LogP contribution in [0.4, 0.5) is 0 Å². The van der Waals surface area contributed by atoms with Gasteiger partial charge in [-0.15, -0.1) is 0 Å². The summed E-state index contributed by atoms with van der Waals surface area (Å²) >= 11 is 0. The number of allylic oxidation sites excluding steroid dienone is 2. The van der Waals surface area contributed by atoms with Crippen LogP contribution in [-0.2, 0) is 14.4 Å². The van der Waals surface area contributed by atoms with E-state index < -0.39 is 17.5 Å². The molecule has 6 atom stereocenters. The minimum absolute atomic E-state index is 0.0160. The van der Waals surface area contributed by atoms with Gasteiger partial charge in [-0.3, -0.25) is 14.4 Å². The zero-order chi connectivity index (χ0) is 18.8. The topological polar surface area (TPSA) is 91.7 Å². The highest BCUT2D eigenvalue weighted by molar-refractivity contribution is 6.04. The van der Waals surface area contributed by atoms with Crippen LogP contribution in [0, 0.1) is 28.1 Å². The Kier molecular flexibility index (Phi) is 4.03. The van der Waals surface area contributed by atoms with E-state index in [4.69, 9.17) is 0 Å². The molecule has 5 nitrogen and oxygen atoms in total. The fourth-order valence-electron chi connectivity index (χ4n) is 6.62.